The van der Waals surface area contributed by atoms with Gasteiger partial charge in [0, 0.05) is 30.5 Å². The third-order valence-corrected chi connectivity index (χ3v) is 6.19. The lowest BCUT2D eigenvalue weighted by Crippen LogP contribution is -2.53. The monoisotopic (exact) mass is 333 g/mol. The highest BCUT2D eigenvalue weighted by atomic mass is 16.1. The zero-order chi connectivity index (χ0) is 17.2. The topological polar surface area (TPSA) is 20.3 Å². The number of ketones is 1. The Labute approximate surface area is 150 Å². The van der Waals surface area contributed by atoms with E-state index in [0.717, 1.165) is 12.8 Å². The van der Waals surface area contributed by atoms with Crippen LogP contribution in [0.15, 0.2) is 60.7 Å². The molecule has 0 N–H and O–H groups in total. The largest absolute Gasteiger partial charge is 0.299 e. The van der Waals surface area contributed by atoms with Gasteiger partial charge in [-0.25, -0.2) is 0 Å². The molecule has 0 radical (unpaired) electrons. The summed E-state index contributed by atoms with van der Waals surface area (Å²) in [4.78, 5) is 15.6. The molecule has 2 aromatic rings. The number of likely N-dealkylation sites (tertiary alicyclic amines) is 1. The SMILES string of the molecule is C[C@H](c1ccccc1)N1[C@@H](c2ccccc2)CC(=O)[C@@H]2CCCC[C@@H]21. The van der Waals surface area contributed by atoms with E-state index in [-0.39, 0.29) is 12.0 Å². The number of fused-ring (bicyclic) bond motifs is 1. The number of carbonyl (C=O) groups is 1. The summed E-state index contributed by atoms with van der Waals surface area (Å²) >= 11 is 0. The van der Waals surface area contributed by atoms with Crippen LogP contribution in [0.1, 0.15) is 62.2 Å². The first-order valence-corrected chi connectivity index (χ1v) is 9.66. The van der Waals surface area contributed by atoms with Crippen LogP contribution < -0.4 is 0 Å². The number of nitrogens with zero attached hydrogens (tertiary/aromatic N) is 1. The van der Waals surface area contributed by atoms with Crippen molar-refractivity contribution >= 4 is 5.78 Å². The van der Waals surface area contributed by atoms with Crippen LogP contribution in [-0.4, -0.2) is 16.7 Å². The number of piperidine rings is 1. The van der Waals surface area contributed by atoms with Gasteiger partial charge in [-0.3, -0.25) is 9.69 Å². The molecule has 1 saturated carbocycles. The van der Waals surface area contributed by atoms with Crippen molar-refractivity contribution in [3.8, 4) is 0 Å². The van der Waals surface area contributed by atoms with Crippen LogP contribution in [0.4, 0.5) is 0 Å². The Balaban J connectivity index is 1.74. The van der Waals surface area contributed by atoms with Crippen molar-refractivity contribution in [2.75, 3.05) is 0 Å². The molecule has 4 atom stereocenters. The van der Waals surface area contributed by atoms with Gasteiger partial charge in [-0.2, -0.15) is 0 Å². The van der Waals surface area contributed by atoms with Crippen molar-refractivity contribution in [1.82, 2.24) is 4.90 Å². The van der Waals surface area contributed by atoms with Crippen molar-refractivity contribution in [2.45, 2.75) is 57.2 Å². The van der Waals surface area contributed by atoms with Crippen molar-refractivity contribution in [1.29, 1.82) is 0 Å². The molecule has 2 nitrogen and oxygen atoms in total. The third kappa shape index (κ3) is 3.16. The van der Waals surface area contributed by atoms with E-state index in [1.54, 1.807) is 0 Å². The quantitative estimate of drug-likeness (QED) is 0.757. The van der Waals surface area contributed by atoms with E-state index in [9.17, 15) is 4.79 Å². The van der Waals surface area contributed by atoms with Gasteiger partial charge in [0.1, 0.15) is 5.78 Å². The predicted octanol–water partition coefficient (Wildman–Crippen LogP) is 5.32. The second-order valence-electron chi connectivity index (χ2n) is 7.59. The van der Waals surface area contributed by atoms with Crippen molar-refractivity contribution in [3.05, 3.63) is 71.8 Å². The summed E-state index contributed by atoms with van der Waals surface area (Å²) in [6.45, 7) is 2.31. The molecule has 2 fully saturated rings. The van der Waals surface area contributed by atoms with E-state index in [4.69, 9.17) is 0 Å². The minimum Gasteiger partial charge on any atom is -0.299 e. The smallest absolute Gasteiger partial charge is 0.139 e. The normalized spacial score (nSPS) is 28.4. The molecule has 1 aliphatic carbocycles. The molecule has 0 spiro atoms. The van der Waals surface area contributed by atoms with Gasteiger partial charge in [0.2, 0.25) is 0 Å². The highest BCUT2D eigenvalue weighted by Crippen LogP contribution is 2.45. The summed E-state index contributed by atoms with van der Waals surface area (Å²) in [5.74, 6) is 0.718. The lowest BCUT2D eigenvalue weighted by atomic mass is 9.73. The Morgan fingerprint density at radius 1 is 0.920 bits per heavy atom. The average Bonchev–Trinajstić information content (AvgIpc) is 2.69. The Hall–Kier alpha value is -1.93. The molecule has 25 heavy (non-hydrogen) atoms. The van der Waals surface area contributed by atoms with Crippen molar-refractivity contribution in [2.24, 2.45) is 5.92 Å². The molecule has 0 unspecified atom stereocenters. The fraction of sp³-hybridized carbons (Fsp3) is 0.435. The second-order valence-corrected chi connectivity index (χ2v) is 7.59. The van der Waals surface area contributed by atoms with Gasteiger partial charge >= 0.3 is 0 Å². The number of rotatable bonds is 3. The molecule has 130 valence electrons. The van der Waals surface area contributed by atoms with Gasteiger partial charge in [0.25, 0.3) is 0 Å². The molecule has 2 aromatic carbocycles. The van der Waals surface area contributed by atoms with Gasteiger partial charge in [-0.05, 0) is 30.9 Å². The number of Topliss-reactive ketones (excluding diaryl/α,β-unsaturated/α-hetero) is 1. The number of hydrogen-bond acceptors (Lipinski definition) is 2. The van der Waals surface area contributed by atoms with E-state index >= 15 is 0 Å². The Morgan fingerprint density at radius 2 is 1.56 bits per heavy atom. The predicted molar refractivity (Wildman–Crippen MR) is 101 cm³/mol. The molecular weight excluding hydrogens is 306 g/mol. The first-order valence-electron chi connectivity index (χ1n) is 9.66. The first-order chi connectivity index (χ1) is 12.3. The summed E-state index contributed by atoms with van der Waals surface area (Å²) in [7, 11) is 0. The van der Waals surface area contributed by atoms with Crippen LogP contribution in [0, 0.1) is 5.92 Å². The van der Waals surface area contributed by atoms with E-state index in [0.29, 0.717) is 24.3 Å². The summed E-state index contributed by atoms with van der Waals surface area (Å²) < 4.78 is 0. The zero-order valence-electron chi connectivity index (χ0n) is 15.0. The van der Waals surface area contributed by atoms with Crippen molar-refractivity contribution in [3.63, 3.8) is 0 Å². The lowest BCUT2D eigenvalue weighted by molar-refractivity contribution is -0.136. The van der Waals surface area contributed by atoms with Crippen LogP contribution >= 0.6 is 0 Å². The molecule has 1 heterocycles. The van der Waals surface area contributed by atoms with Gasteiger partial charge in [0.05, 0.1) is 0 Å². The molecule has 4 rings (SSSR count). The van der Waals surface area contributed by atoms with Gasteiger partial charge in [0.15, 0.2) is 0 Å². The van der Waals surface area contributed by atoms with Crippen LogP contribution in [-0.2, 0) is 4.79 Å². The zero-order valence-corrected chi connectivity index (χ0v) is 15.0. The summed E-state index contributed by atoms with van der Waals surface area (Å²) in [6, 6.07) is 22.3. The molecule has 0 bridgehead atoms. The molecular formula is C23H27NO. The van der Waals surface area contributed by atoms with E-state index in [2.05, 4.69) is 72.5 Å². The van der Waals surface area contributed by atoms with Crippen molar-refractivity contribution < 1.29 is 4.79 Å². The Bertz CT molecular complexity index is 711. The second kappa shape index (κ2) is 7.13. The number of hydrogen-bond donors (Lipinski definition) is 0. The van der Waals surface area contributed by atoms with E-state index in [1.807, 2.05) is 0 Å². The van der Waals surface area contributed by atoms with Crippen LogP contribution in [0.25, 0.3) is 0 Å². The van der Waals surface area contributed by atoms with Gasteiger partial charge in [-0.1, -0.05) is 73.5 Å². The maximum absolute atomic E-state index is 12.9. The van der Waals surface area contributed by atoms with E-state index in [1.165, 1.54) is 24.0 Å². The standard InChI is InChI=1S/C23H27NO/c1-17(18-10-4-2-5-11-18)24-21-15-9-8-14-20(21)23(25)16-22(24)19-12-6-3-7-13-19/h2-7,10-13,17,20-22H,8-9,14-16H2,1H3/t17-,20-,21+,22-/m1/s1. The fourth-order valence-electron chi connectivity index (χ4n) is 4.95. The fourth-order valence-corrected chi connectivity index (χ4v) is 4.95. The maximum atomic E-state index is 12.9. The average molecular weight is 333 g/mol. The minimum absolute atomic E-state index is 0.197. The molecule has 1 aliphatic heterocycles. The lowest BCUT2D eigenvalue weighted by Gasteiger charge is -2.50. The number of carbonyl (C=O) groups excluding carboxylic acids is 1. The molecule has 0 amide bonds. The molecule has 1 saturated heterocycles. The van der Waals surface area contributed by atoms with E-state index < -0.39 is 0 Å². The van der Waals surface area contributed by atoms with Crippen LogP contribution in [0.5, 0.6) is 0 Å². The minimum atomic E-state index is 0.197. The summed E-state index contributed by atoms with van der Waals surface area (Å²) in [5, 5.41) is 0. The molecule has 2 heteroatoms. The summed E-state index contributed by atoms with van der Waals surface area (Å²) in [5.41, 5.74) is 2.63. The van der Waals surface area contributed by atoms with Gasteiger partial charge < -0.3 is 0 Å². The molecule has 0 aromatic heterocycles. The highest BCUT2D eigenvalue weighted by Gasteiger charge is 2.45. The highest BCUT2D eigenvalue weighted by molar-refractivity contribution is 5.83. The Morgan fingerprint density at radius 3 is 2.28 bits per heavy atom. The first kappa shape index (κ1) is 16.5. The van der Waals surface area contributed by atoms with Crippen LogP contribution in [0.3, 0.4) is 0 Å². The van der Waals surface area contributed by atoms with Crippen LogP contribution in [0.2, 0.25) is 0 Å². The van der Waals surface area contributed by atoms with Gasteiger partial charge in [-0.15, -0.1) is 0 Å². The summed E-state index contributed by atoms with van der Waals surface area (Å²) in [6.07, 6.45) is 5.33. The number of benzene rings is 2. The Kier molecular flexibility index (Phi) is 4.72. The molecule has 2 aliphatic rings. The maximum Gasteiger partial charge on any atom is 0.139 e. The third-order valence-electron chi connectivity index (χ3n) is 6.19.